The van der Waals surface area contributed by atoms with Crippen LogP contribution in [0.4, 0.5) is 5.69 Å². The van der Waals surface area contributed by atoms with Crippen molar-refractivity contribution in [3.05, 3.63) is 21.0 Å². The molecule has 0 spiro atoms. The summed E-state index contributed by atoms with van der Waals surface area (Å²) < 4.78 is 6.94. The summed E-state index contributed by atoms with van der Waals surface area (Å²) >= 11 is 3.29. The highest BCUT2D eigenvalue weighted by atomic mass is 79.9. The molecule has 0 aliphatic carbocycles. The van der Waals surface area contributed by atoms with Gasteiger partial charge in [-0.25, -0.2) is 4.68 Å². The molecule has 1 unspecified atom stereocenters. The van der Waals surface area contributed by atoms with E-state index in [1.54, 1.807) is 20.4 Å². The summed E-state index contributed by atoms with van der Waals surface area (Å²) in [5.74, 6) is 0. The summed E-state index contributed by atoms with van der Waals surface area (Å²) in [4.78, 5) is 11.7. The number of rotatable bonds is 6. The lowest BCUT2D eigenvalue weighted by Crippen LogP contribution is -2.28. The zero-order chi connectivity index (χ0) is 12.8. The molecule has 0 aliphatic rings. The van der Waals surface area contributed by atoms with Crippen LogP contribution < -0.4 is 10.9 Å². The summed E-state index contributed by atoms with van der Waals surface area (Å²) in [6.07, 6.45) is 3.68. The SMILES string of the molecule is CCCC(COC)Nc1cnn(C)c(=O)c1Br. The molecule has 0 bridgehead atoms. The topological polar surface area (TPSA) is 56.1 Å². The van der Waals surface area contributed by atoms with Crippen molar-refractivity contribution < 1.29 is 4.74 Å². The van der Waals surface area contributed by atoms with Gasteiger partial charge in [0.05, 0.1) is 18.5 Å². The molecule has 1 aromatic rings. The maximum Gasteiger partial charge on any atom is 0.282 e. The Morgan fingerprint density at radius 1 is 1.65 bits per heavy atom. The predicted molar refractivity (Wildman–Crippen MR) is 71.4 cm³/mol. The highest BCUT2D eigenvalue weighted by Gasteiger charge is 2.12. The van der Waals surface area contributed by atoms with Crippen molar-refractivity contribution in [2.24, 2.45) is 7.05 Å². The molecule has 0 radical (unpaired) electrons. The first kappa shape index (κ1) is 14.2. The molecule has 17 heavy (non-hydrogen) atoms. The van der Waals surface area contributed by atoms with Crippen molar-refractivity contribution in [3.63, 3.8) is 0 Å². The Kier molecular flexibility index (Phi) is 5.64. The largest absolute Gasteiger partial charge is 0.383 e. The standard InChI is InChI=1S/C11H18BrN3O2/c1-4-5-8(7-17-3)14-9-6-13-15(2)11(16)10(9)12/h6,8,14H,4-5,7H2,1-3H3. The lowest BCUT2D eigenvalue weighted by molar-refractivity contribution is 0.182. The molecule has 0 aromatic carbocycles. The number of methoxy groups -OCH3 is 1. The normalized spacial score (nSPS) is 12.5. The molecule has 0 amide bonds. The van der Waals surface area contributed by atoms with E-state index in [1.165, 1.54) is 4.68 Å². The van der Waals surface area contributed by atoms with Gasteiger partial charge in [0.1, 0.15) is 4.47 Å². The molecule has 0 saturated carbocycles. The molecule has 1 aromatic heterocycles. The fourth-order valence-electron chi connectivity index (χ4n) is 1.58. The summed E-state index contributed by atoms with van der Waals surface area (Å²) in [5, 5.41) is 7.25. The minimum atomic E-state index is -0.150. The van der Waals surface area contributed by atoms with Crippen molar-refractivity contribution in [2.45, 2.75) is 25.8 Å². The number of ether oxygens (including phenoxy) is 1. The molecule has 1 heterocycles. The van der Waals surface area contributed by atoms with Crippen molar-refractivity contribution in [2.75, 3.05) is 19.0 Å². The Balaban J connectivity index is 2.86. The summed E-state index contributed by atoms with van der Waals surface area (Å²) in [6.45, 7) is 2.72. The first-order chi connectivity index (χ1) is 8.10. The van der Waals surface area contributed by atoms with Gasteiger partial charge in [-0.2, -0.15) is 5.10 Å². The van der Waals surface area contributed by atoms with Crippen molar-refractivity contribution in [3.8, 4) is 0 Å². The van der Waals surface area contributed by atoms with Crippen LogP contribution in [0, 0.1) is 0 Å². The summed E-state index contributed by atoms with van der Waals surface area (Å²) in [7, 11) is 3.29. The first-order valence-electron chi connectivity index (χ1n) is 5.57. The first-order valence-corrected chi connectivity index (χ1v) is 6.36. The average molecular weight is 304 g/mol. The molecule has 0 saturated heterocycles. The quantitative estimate of drug-likeness (QED) is 0.870. The minimum absolute atomic E-state index is 0.150. The number of hydrogen-bond donors (Lipinski definition) is 1. The molecule has 6 heteroatoms. The van der Waals surface area contributed by atoms with Gasteiger partial charge in [-0.3, -0.25) is 4.79 Å². The van der Waals surface area contributed by atoms with E-state index in [-0.39, 0.29) is 11.6 Å². The Bertz CT molecular complexity index is 414. The van der Waals surface area contributed by atoms with Gasteiger partial charge < -0.3 is 10.1 Å². The van der Waals surface area contributed by atoms with Crippen LogP contribution in [0.1, 0.15) is 19.8 Å². The summed E-state index contributed by atoms with van der Waals surface area (Å²) in [5.41, 5.74) is 0.561. The smallest absolute Gasteiger partial charge is 0.282 e. The Morgan fingerprint density at radius 2 is 2.35 bits per heavy atom. The number of anilines is 1. The molecule has 5 nitrogen and oxygen atoms in total. The fourth-order valence-corrected chi connectivity index (χ4v) is 2.05. The number of hydrogen-bond acceptors (Lipinski definition) is 4. The molecule has 0 fully saturated rings. The Hall–Kier alpha value is -0.880. The van der Waals surface area contributed by atoms with Gasteiger partial charge in [-0.05, 0) is 22.4 Å². The molecule has 96 valence electrons. The maximum atomic E-state index is 11.7. The second-order valence-electron chi connectivity index (χ2n) is 3.89. The van der Waals surface area contributed by atoms with Gasteiger partial charge in [-0.1, -0.05) is 13.3 Å². The highest BCUT2D eigenvalue weighted by molar-refractivity contribution is 9.10. The zero-order valence-corrected chi connectivity index (χ0v) is 12.0. The second kappa shape index (κ2) is 6.76. The van der Waals surface area contributed by atoms with E-state index in [9.17, 15) is 4.79 Å². The van der Waals surface area contributed by atoms with Crippen LogP contribution in [-0.2, 0) is 11.8 Å². The monoisotopic (exact) mass is 303 g/mol. The van der Waals surface area contributed by atoms with Crippen LogP contribution in [0.5, 0.6) is 0 Å². The van der Waals surface area contributed by atoms with Crippen LogP contribution in [-0.4, -0.2) is 29.5 Å². The second-order valence-corrected chi connectivity index (χ2v) is 4.68. The highest BCUT2D eigenvalue weighted by Crippen LogP contribution is 2.18. The van der Waals surface area contributed by atoms with E-state index in [2.05, 4.69) is 33.3 Å². The average Bonchev–Trinajstić information content (AvgIpc) is 2.30. The Morgan fingerprint density at radius 3 is 2.94 bits per heavy atom. The molecule has 1 atom stereocenters. The number of halogens is 1. The molecular weight excluding hydrogens is 286 g/mol. The van der Waals surface area contributed by atoms with Crippen LogP contribution in [0.15, 0.2) is 15.5 Å². The lowest BCUT2D eigenvalue weighted by atomic mass is 10.2. The third-order valence-corrected chi connectivity index (χ3v) is 3.21. The van der Waals surface area contributed by atoms with Gasteiger partial charge in [0.25, 0.3) is 5.56 Å². The van der Waals surface area contributed by atoms with Gasteiger partial charge in [-0.15, -0.1) is 0 Å². The third-order valence-electron chi connectivity index (χ3n) is 2.44. The molecule has 0 aliphatic heterocycles. The van der Waals surface area contributed by atoms with E-state index in [1.807, 2.05) is 0 Å². The maximum absolute atomic E-state index is 11.7. The van der Waals surface area contributed by atoms with Crippen LogP contribution >= 0.6 is 15.9 Å². The molecule has 1 rings (SSSR count). The van der Waals surface area contributed by atoms with Gasteiger partial charge in [0.15, 0.2) is 0 Å². The predicted octanol–water partition coefficient (Wildman–Crippen LogP) is 1.77. The summed E-state index contributed by atoms with van der Waals surface area (Å²) in [6, 6.07) is 0.190. The van der Waals surface area contributed by atoms with Gasteiger partial charge >= 0.3 is 0 Å². The van der Waals surface area contributed by atoms with E-state index < -0.39 is 0 Å². The van der Waals surface area contributed by atoms with Crippen molar-refractivity contribution in [1.82, 2.24) is 9.78 Å². The van der Waals surface area contributed by atoms with Gasteiger partial charge in [0, 0.05) is 20.2 Å². The number of aromatic nitrogens is 2. The van der Waals surface area contributed by atoms with E-state index in [0.29, 0.717) is 16.8 Å². The minimum Gasteiger partial charge on any atom is -0.383 e. The van der Waals surface area contributed by atoms with Crippen LogP contribution in [0.3, 0.4) is 0 Å². The molecular formula is C11H18BrN3O2. The van der Waals surface area contributed by atoms with Crippen molar-refractivity contribution in [1.29, 1.82) is 0 Å². The lowest BCUT2D eigenvalue weighted by Gasteiger charge is -2.19. The third kappa shape index (κ3) is 3.81. The number of nitrogens with one attached hydrogen (secondary N) is 1. The number of aryl methyl sites for hydroxylation is 1. The van der Waals surface area contributed by atoms with E-state index in [0.717, 1.165) is 12.8 Å². The van der Waals surface area contributed by atoms with Crippen LogP contribution in [0.2, 0.25) is 0 Å². The Labute approximate surface area is 109 Å². The molecule has 1 N–H and O–H groups in total. The van der Waals surface area contributed by atoms with E-state index >= 15 is 0 Å². The van der Waals surface area contributed by atoms with Crippen LogP contribution in [0.25, 0.3) is 0 Å². The fraction of sp³-hybridized carbons (Fsp3) is 0.636. The van der Waals surface area contributed by atoms with E-state index in [4.69, 9.17) is 4.74 Å². The van der Waals surface area contributed by atoms with Gasteiger partial charge in [0.2, 0.25) is 0 Å². The number of nitrogens with zero attached hydrogens (tertiary/aromatic N) is 2. The zero-order valence-electron chi connectivity index (χ0n) is 10.4. The van der Waals surface area contributed by atoms with Crippen molar-refractivity contribution >= 4 is 21.6 Å².